The van der Waals surface area contributed by atoms with Gasteiger partial charge in [-0.1, -0.05) is 12.8 Å². The minimum absolute atomic E-state index is 0.0570. The lowest BCUT2D eigenvalue weighted by atomic mass is 9.94. The van der Waals surface area contributed by atoms with Crippen molar-refractivity contribution < 1.29 is 9.59 Å². The first-order valence-corrected chi connectivity index (χ1v) is 9.57. The summed E-state index contributed by atoms with van der Waals surface area (Å²) in [6.07, 6.45) is 9.80. The van der Waals surface area contributed by atoms with Gasteiger partial charge in [-0.15, -0.1) is 0 Å². The molecule has 25 heavy (non-hydrogen) atoms. The van der Waals surface area contributed by atoms with Crippen molar-refractivity contribution in [3.8, 4) is 0 Å². The van der Waals surface area contributed by atoms with Crippen LogP contribution in [-0.2, 0) is 16.1 Å². The van der Waals surface area contributed by atoms with Gasteiger partial charge in [0.15, 0.2) is 0 Å². The third kappa shape index (κ3) is 4.22. The summed E-state index contributed by atoms with van der Waals surface area (Å²) in [7, 11) is 1.88. The molecule has 2 heterocycles. The average molecular weight is 346 g/mol. The van der Waals surface area contributed by atoms with Gasteiger partial charge in [0.2, 0.25) is 11.8 Å². The molecule has 3 rings (SSSR count). The van der Waals surface area contributed by atoms with Crippen LogP contribution >= 0.6 is 0 Å². The van der Waals surface area contributed by atoms with Gasteiger partial charge in [-0.05, 0) is 32.6 Å². The lowest BCUT2D eigenvalue weighted by molar-refractivity contribution is -0.141. The van der Waals surface area contributed by atoms with Crippen LogP contribution in [0, 0.1) is 18.8 Å². The van der Waals surface area contributed by atoms with E-state index in [1.165, 1.54) is 12.8 Å². The number of carbonyl (C=O) groups is 2. The van der Waals surface area contributed by atoms with E-state index in [4.69, 9.17) is 0 Å². The van der Waals surface area contributed by atoms with Gasteiger partial charge >= 0.3 is 0 Å². The van der Waals surface area contributed by atoms with E-state index in [-0.39, 0.29) is 17.7 Å². The summed E-state index contributed by atoms with van der Waals surface area (Å²) in [6, 6.07) is 0. The van der Waals surface area contributed by atoms with Crippen LogP contribution in [0.5, 0.6) is 0 Å². The number of aryl methyl sites for hydroxylation is 1. The number of hydrogen-bond acceptors (Lipinski definition) is 3. The molecule has 0 atom stereocenters. The van der Waals surface area contributed by atoms with Gasteiger partial charge < -0.3 is 14.4 Å². The minimum atomic E-state index is 0.0570. The van der Waals surface area contributed by atoms with E-state index in [2.05, 4.69) is 9.55 Å². The Hall–Kier alpha value is -1.85. The molecule has 2 amide bonds. The van der Waals surface area contributed by atoms with Crippen molar-refractivity contribution in [3.63, 3.8) is 0 Å². The molecule has 1 aliphatic carbocycles. The second kappa shape index (κ2) is 8.02. The molecule has 1 aromatic rings. The summed E-state index contributed by atoms with van der Waals surface area (Å²) in [4.78, 5) is 33.2. The third-order valence-corrected chi connectivity index (χ3v) is 5.84. The van der Waals surface area contributed by atoms with Gasteiger partial charge in [0, 0.05) is 57.5 Å². The largest absolute Gasteiger partial charge is 0.344 e. The lowest BCUT2D eigenvalue weighted by Crippen LogP contribution is -2.45. The van der Waals surface area contributed by atoms with Gasteiger partial charge in [-0.3, -0.25) is 9.59 Å². The van der Waals surface area contributed by atoms with E-state index in [0.717, 1.165) is 51.1 Å². The predicted octanol–water partition coefficient (Wildman–Crippen LogP) is 2.08. The fourth-order valence-electron chi connectivity index (χ4n) is 4.10. The first-order valence-electron chi connectivity index (χ1n) is 9.57. The van der Waals surface area contributed by atoms with E-state index < -0.39 is 0 Å². The third-order valence-electron chi connectivity index (χ3n) is 5.84. The maximum atomic E-state index is 12.7. The minimum Gasteiger partial charge on any atom is -0.344 e. The lowest BCUT2D eigenvalue weighted by Gasteiger charge is -2.34. The summed E-state index contributed by atoms with van der Waals surface area (Å²) >= 11 is 0. The first-order chi connectivity index (χ1) is 12.1. The molecule has 2 fully saturated rings. The molecule has 1 saturated carbocycles. The maximum absolute atomic E-state index is 12.7. The van der Waals surface area contributed by atoms with E-state index in [0.29, 0.717) is 12.5 Å². The molecule has 0 spiro atoms. The van der Waals surface area contributed by atoms with Crippen molar-refractivity contribution in [2.75, 3.05) is 26.7 Å². The second-order valence-electron chi connectivity index (χ2n) is 7.51. The molecule has 1 aliphatic heterocycles. The number of likely N-dealkylation sites (tertiary alicyclic amines) is 1. The van der Waals surface area contributed by atoms with Crippen molar-refractivity contribution in [1.82, 2.24) is 19.4 Å². The number of rotatable bonds is 5. The van der Waals surface area contributed by atoms with Gasteiger partial charge in [0.05, 0.1) is 0 Å². The second-order valence-corrected chi connectivity index (χ2v) is 7.51. The van der Waals surface area contributed by atoms with Gasteiger partial charge in [0.1, 0.15) is 5.82 Å². The van der Waals surface area contributed by atoms with Crippen LogP contribution in [-0.4, -0.2) is 57.8 Å². The van der Waals surface area contributed by atoms with E-state index >= 15 is 0 Å². The smallest absolute Gasteiger partial charge is 0.225 e. The molecular weight excluding hydrogens is 316 g/mol. The van der Waals surface area contributed by atoms with Crippen LogP contribution in [0.2, 0.25) is 0 Å². The van der Waals surface area contributed by atoms with E-state index in [1.54, 1.807) is 6.20 Å². The van der Waals surface area contributed by atoms with Crippen molar-refractivity contribution in [2.45, 2.75) is 52.0 Å². The summed E-state index contributed by atoms with van der Waals surface area (Å²) in [5.74, 6) is 1.81. The predicted molar refractivity (Wildman–Crippen MR) is 95.9 cm³/mol. The van der Waals surface area contributed by atoms with E-state index in [9.17, 15) is 9.59 Å². The summed E-state index contributed by atoms with van der Waals surface area (Å²) in [6.45, 7) is 4.91. The molecule has 1 aromatic heterocycles. The fourth-order valence-corrected chi connectivity index (χ4v) is 4.10. The Bertz CT molecular complexity index is 598. The Balaban J connectivity index is 1.44. The van der Waals surface area contributed by atoms with Gasteiger partial charge in [-0.25, -0.2) is 4.98 Å². The van der Waals surface area contributed by atoms with Crippen LogP contribution in [0.1, 0.15) is 44.3 Å². The normalized spacial score (nSPS) is 19.4. The maximum Gasteiger partial charge on any atom is 0.225 e. The number of amides is 2. The number of carbonyl (C=O) groups excluding carboxylic acids is 2. The number of likely N-dealkylation sites (N-methyl/N-ethyl adjacent to an activating group) is 1. The summed E-state index contributed by atoms with van der Waals surface area (Å²) in [5, 5.41) is 0. The highest BCUT2D eigenvalue weighted by Gasteiger charge is 2.32. The number of nitrogens with zero attached hydrogens (tertiary/aromatic N) is 4. The number of imidazole rings is 1. The molecule has 0 N–H and O–H groups in total. The first kappa shape index (κ1) is 18.0. The van der Waals surface area contributed by atoms with Gasteiger partial charge in [0.25, 0.3) is 0 Å². The Kier molecular flexibility index (Phi) is 5.76. The Morgan fingerprint density at radius 1 is 1.16 bits per heavy atom. The number of hydrogen-bond donors (Lipinski definition) is 0. The fraction of sp³-hybridized carbons (Fsp3) is 0.737. The Labute approximate surface area is 150 Å². The highest BCUT2D eigenvalue weighted by molar-refractivity contribution is 5.81. The zero-order valence-electron chi connectivity index (χ0n) is 15.5. The monoisotopic (exact) mass is 346 g/mol. The molecule has 0 bridgehead atoms. The van der Waals surface area contributed by atoms with Crippen LogP contribution < -0.4 is 0 Å². The van der Waals surface area contributed by atoms with Crippen molar-refractivity contribution in [2.24, 2.45) is 11.8 Å². The molecule has 2 aliphatic rings. The number of piperidine rings is 1. The molecular formula is C19H30N4O2. The van der Waals surface area contributed by atoms with Gasteiger partial charge in [-0.2, -0.15) is 0 Å². The average Bonchev–Trinajstić information content (AvgIpc) is 3.30. The topological polar surface area (TPSA) is 58.4 Å². The SMILES string of the molecule is Cc1nccn1CCN(C)C(=O)C1CCN(C(=O)C2CCCC2)CC1. The van der Waals surface area contributed by atoms with Crippen LogP contribution in [0.3, 0.4) is 0 Å². The highest BCUT2D eigenvalue weighted by atomic mass is 16.2. The van der Waals surface area contributed by atoms with Crippen LogP contribution in [0.15, 0.2) is 12.4 Å². The summed E-state index contributed by atoms with van der Waals surface area (Å²) in [5.41, 5.74) is 0. The molecule has 0 aromatic carbocycles. The van der Waals surface area contributed by atoms with Crippen LogP contribution in [0.25, 0.3) is 0 Å². The zero-order valence-corrected chi connectivity index (χ0v) is 15.5. The Morgan fingerprint density at radius 2 is 1.84 bits per heavy atom. The molecule has 0 unspecified atom stereocenters. The van der Waals surface area contributed by atoms with E-state index in [1.807, 2.05) is 30.0 Å². The summed E-state index contributed by atoms with van der Waals surface area (Å²) < 4.78 is 2.06. The quantitative estimate of drug-likeness (QED) is 0.820. The molecule has 6 heteroatoms. The van der Waals surface area contributed by atoms with Crippen LogP contribution in [0.4, 0.5) is 0 Å². The zero-order chi connectivity index (χ0) is 17.8. The van der Waals surface area contributed by atoms with Crippen molar-refractivity contribution in [1.29, 1.82) is 0 Å². The molecule has 0 radical (unpaired) electrons. The van der Waals surface area contributed by atoms with Crippen molar-refractivity contribution in [3.05, 3.63) is 18.2 Å². The Morgan fingerprint density at radius 3 is 2.44 bits per heavy atom. The number of aromatic nitrogens is 2. The molecule has 6 nitrogen and oxygen atoms in total. The molecule has 1 saturated heterocycles. The van der Waals surface area contributed by atoms with Crippen molar-refractivity contribution >= 4 is 11.8 Å². The molecule has 138 valence electrons. The standard InChI is InChI=1S/C19H30N4O2/c1-15-20-9-12-22(15)14-13-21(2)18(24)17-7-10-23(11-8-17)19(25)16-5-3-4-6-16/h9,12,16-17H,3-8,10-11,13-14H2,1-2H3. The highest BCUT2D eigenvalue weighted by Crippen LogP contribution is 2.28.